The quantitative estimate of drug-likeness (QED) is 0.734. The normalized spacial score (nSPS) is 11.3. The van der Waals surface area contributed by atoms with Crippen LogP contribution in [0.15, 0.2) is 36.9 Å². The Hall–Kier alpha value is -3.00. The van der Waals surface area contributed by atoms with Crippen molar-refractivity contribution in [2.75, 3.05) is 5.73 Å². The highest BCUT2D eigenvalue weighted by Crippen LogP contribution is 2.32. The van der Waals surface area contributed by atoms with Crippen LogP contribution in [0.5, 0.6) is 0 Å². The average molecular weight is 289 g/mol. The minimum absolute atomic E-state index is 0.400. The van der Waals surface area contributed by atoms with Crippen LogP contribution in [-0.4, -0.2) is 19.9 Å². The molecule has 0 saturated heterocycles. The van der Waals surface area contributed by atoms with Gasteiger partial charge in [0.1, 0.15) is 5.82 Å². The maximum absolute atomic E-state index is 6.18. The lowest BCUT2D eigenvalue weighted by Crippen LogP contribution is -2.16. The van der Waals surface area contributed by atoms with Crippen molar-refractivity contribution in [1.29, 1.82) is 0 Å². The molecular weight excluding hydrogens is 274 g/mol. The molecule has 3 aromatic heterocycles. The molecule has 0 fully saturated rings. The van der Waals surface area contributed by atoms with Crippen LogP contribution in [0.2, 0.25) is 0 Å². The lowest BCUT2D eigenvalue weighted by molar-refractivity contribution is 0.702. The van der Waals surface area contributed by atoms with Gasteiger partial charge in [0.2, 0.25) is 0 Å². The van der Waals surface area contributed by atoms with Crippen molar-refractivity contribution < 1.29 is 0 Å². The predicted octanol–water partition coefficient (Wildman–Crippen LogP) is 2.58. The molecule has 3 heterocycles. The Labute approximate surface area is 128 Å². The molecule has 5 nitrogen and oxygen atoms in total. The standard InChI is InChI=1S/C17H15N5/c1-4-17(2,3)12-9-20-10-13-14(12)15(18)22-16(21-13)11-5-7-19-8-6-11/h1,5-10H,2-3H3,(H2,18,21,22). The molecule has 0 amide bonds. The number of aromatic nitrogens is 4. The zero-order valence-corrected chi connectivity index (χ0v) is 12.4. The van der Waals surface area contributed by atoms with Gasteiger partial charge in [-0.15, -0.1) is 6.42 Å². The fourth-order valence-corrected chi connectivity index (χ4v) is 2.29. The second-order valence-electron chi connectivity index (χ2n) is 5.52. The van der Waals surface area contributed by atoms with Gasteiger partial charge in [-0.25, -0.2) is 9.97 Å². The second-order valence-corrected chi connectivity index (χ2v) is 5.52. The Bertz CT molecular complexity index is 879. The van der Waals surface area contributed by atoms with E-state index < -0.39 is 5.41 Å². The first-order valence-corrected chi connectivity index (χ1v) is 6.83. The van der Waals surface area contributed by atoms with Crippen LogP contribution in [0.25, 0.3) is 22.3 Å². The van der Waals surface area contributed by atoms with Crippen molar-refractivity contribution in [2.24, 2.45) is 0 Å². The largest absolute Gasteiger partial charge is 0.383 e. The molecule has 0 aliphatic rings. The molecule has 3 rings (SSSR count). The van der Waals surface area contributed by atoms with Crippen molar-refractivity contribution in [2.45, 2.75) is 19.3 Å². The molecule has 0 atom stereocenters. The summed E-state index contributed by atoms with van der Waals surface area (Å²) < 4.78 is 0. The van der Waals surface area contributed by atoms with Gasteiger partial charge in [-0.1, -0.05) is 5.92 Å². The minimum atomic E-state index is -0.498. The minimum Gasteiger partial charge on any atom is -0.383 e. The summed E-state index contributed by atoms with van der Waals surface area (Å²) >= 11 is 0. The number of pyridine rings is 2. The topological polar surface area (TPSA) is 77.6 Å². The molecule has 3 aromatic rings. The number of fused-ring (bicyclic) bond motifs is 1. The molecule has 0 radical (unpaired) electrons. The van der Waals surface area contributed by atoms with E-state index in [4.69, 9.17) is 12.2 Å². The second kappa shape index (κ2) is 5.08. The molecule has 5 heteroatoms. The third-order valence-electron chi connectivity index (χ3n) is 3.61. The van der Waals surface area contributed by atoms with Gasteiger partial charge < -0.3 is 5.73 Å². The number of hydrogen-bond acceptors (Lipinski definition) is 5. The Morgan fingerprint density at radius 1 is 1.09 bits per heavy atom. The summed E-state index contributed by atoms with van der Waals surface area (Å²) in [6.45, 7) is 3.89. The zero-order chi connectivity index (χ0) is 15.7. The monoisotopic (exact) mass is 289 g/mol. The van der Waals surface area contributed by atoms with Gasteiger partial charge in [0.15, 0.2) is 5.82 Å². The van der Waals surface area contributed by atoms with Crippen LogP contribution in [0, 0.1) is 12.3 Å². The van der Waals surface area contributed by atoms with E-state index in [0.29, 0.717) is 17.2 Å². The van der Waals surface area contributed by atoms with Crippen LogP contribution < -0.4 is 5.73 Å². The summed E-state index contributed by atoms with van der Waals surface area (Å²) in [4.78, 5) is 17.2. The van der Waals surface area contributed by atoms with Gasteiger partial charge in [0.25, 0.3) is 0 Å². The molecule has 0 aromatic carbocycles. The van der Waals surface area contributed by atoms with Crippen molar-refractivity contribution in [1.82, 2.24) is 19.9 Å². The number of nitrogens with zero attached hydrogens (tertiary/aromatic N) is 4. The number of hydrogen-bond donors (Lipinski definition) is 1. The first-order chi connectivity index (χ1) is 10.5. The lowest BCUT2D eigenvalue weighted by Gasteiger charge is -2.20. The number of anilines is 1. The summed E-state index contributed by atoms with van der Waals surface area (Å²) in [7, 11) is 0. The van der Waals surface area contributed by atoms with Crippen molar-refractivity contribution >= 4 is 16.7 Å². The third-order valence-corrected chi connectivity index (χ3v) is 3.61. The van der Waals surface area contributed by atoms with E-state index in [9.17, 15) is 0 Å². The summed E-state index contributed by atoms with van der Waals surface area (Å²) in [6.07, 6.45) is 12.4. The molecule has 108 valence electrons. The molecule has 0 unspecified atom stereocenters. The first-order valence-electron chi connectivity index (χ1n) is 6.83. The summed E-state index contributed by atoms with van der Waals surface area (Å²) in [5.74, 6) is 3.71. The van der Waals surface area contributed by atoms with Crippen LogP contribution in [0.1, 0.15) is 19.4 Å². The van der Waals surface area contributed by atoms with Gasteiger partial charge in [-0.05, 0) is 26.0 Å². The summed E-state index contributed by atoms with van der Waals surface area (Å²) in [5.41, 5.74) is 8.07. The number of nitrogen functional groups attached to an aromatic ring is 1. The predicted molar refractivity (Wildman–Crippen MR) is 86.8 cm³/mol. The Morgan fingerprint density at radius 2 is 1.82 bits per heavy atom. The van der Waals surface area contributed by atoms with Gasteiger partial charge in [-0.2, -0.15) is 0 Å². The maximum Gasteiger partial charge on any atom is 0.162 e. The van der Waals surface area contributed by atoms with Crippen LogP contribution in [-0.2, 0) is 5.41 Å². The molecule has 0 aliphatic carbocycles. The van der Waals surface area contributed by atoms with Crippen molar-refractivity contribution in [3.05, 3.63) is 42.5 Å². The average Bonchev–Trinajstić information content (AvgIpc) is 2.55. The summed E-state index contributed by atoms with van der Waals surface area (Å²) in [5, 5.41) is 0.760. The molecule has 0 bridgehead atoms. The molecule has 0 aliphatic heterocycles. The van der Waals surface area contributed by atoms with Gasteiger partial charge in [-0.3, -0.25) is 9.97 Å². The summed E-state index contributed by atoms with van der Waals surface area (Å²) in [6, 6.07) is 3.67. The van der Waals surface area contributed by atoms with E-state index in [1.54, 1.807) is 24.8 Å². The van der Waals surface area contributed by atoms with Gasteiger partial charge >= 0.3 is 0 Å². The number of rotatable bonds is 2. The SMILES string of the molecule is C#CC(C)(C)c1cncc2nc(-c3ccncc3)nc(N)c12. The zero-order valence-electron chi connectivity index (χ0n) is 12.4. The molecule has 0 spiro atoms. The Kier molecular flexibility index (Phi) is 3.22. The lowest BCUT2D eigenvalue weighted by atomic mass is 9.84. The van der Waals surface area contributed by atoms with E-state index >= 15 is 0 Å². The van der Waals surface area contributed by atoms with Crippen molar-refractivity contribution in [3.8, 4) is 23.7 Å². The van der Waals surface area contributed by atoms with Gasteiger partial charge in [0.05, 0.1) is 22.5 Å². The highest BCUT2D eigenvalue weighted by molar-refractivity contribution is 5.93. The first kappa shape index (κ1) is 14.0. The maximum atomic E-state index is 6.18. The van der Waals surface area contributed by atoms with E-state index in [1.807, 2.05) is 26.0 Å². The number of nitrogens with two attached hydrogens (primary N) is 1. The van der Waals surface area contributed by atoms with Crippen LogP contribution >= 0.6 is 0 Å². The number of terminal acetylenes is 1. The highest BCUT2D eigenvalue weighted by atomic mass is 15.0. The fourth-order valence-electron chi connectivity index (χ4n) is 2.29. The third kappa shape index (κ3) is 2.25. The van der Waals surface area contributed by atoms with Crippen LogP contribution in [0.4, 0.5) is 5.82 Å². The Balaban J connectivity index is 2.29. The molecule has 22 heavy (non-hydrogen) atoms. The van der Waals surface area contributed by atoms with E-state index in [-0.39, 0.29) is 0 Å². The smallest absolute Gasteiger partial charge is 0.162 e. The highest BCUT2D eigenvalue weighted by Gasteiger charge is 2.23. The van der Waals surface area contributed by atoms with Crippen molar-refractivity contribution in [3.63, 3.8) is 0 Å². The van der Waals surface area contributed by atoms with E-state index in [1.165, 1.54) is 0 Å². The van der Waals surface area contributed by atoms with Gasteiger partial charge in [0, 0.05) is 29.7 Å². The fraction of sp³-hybridized carbons (Fsp3) is 0.176. The Morgan fingerprint density at radius 3 is 2.50 bits per heavy atom. The molecule has 2 N–H and O–H groups in total. The molecular formula is C17H15N5. The molecule has 0 saturated carbocycles. The van der Waals surface area contributed by atoms with Crippen LogP contribution in [0.3, 0.4) is 0 Å². The van der Waals surface area contributed by atoms with E-state index in [0.717, 1.165) is 16.5 Å². The van der Waals surface area contributed by atoms with E-state index in [2.05, 4.69) is 25.9 Å².